The zero-order valence-corrected chi connectivity index (χ0v) is 19.6. The Kier molecular flexibility index (Phi) is 6.27. The largest absolute Gasteiger partial charge is 0.460 e. The lowest BCUT2D eigenvalue weighted by Gasteiger charge is -2.16. The number of ether oxygens (including phenoxy) is 1. The van der Waals surface area contributed by atoms with E-state index in [1.807, 2.05) is 25.1 Å². The van der Waals surface area contributed by atoms with Crippen molar-refractivity contribution < 1.29 is 27.2 Å². The Morgan fingerprint density at radius 3 is 2.67 bits per heavy atom. The van der Waals surface area contributed by atoms with Crippen LogP contribution in [0.1, 0.15) is 47.5 Å². The van der Waals surface area contributed by atoms with Gasteiger partial charge in [0.2, 0.25) is 21.7 Å². The minimum atomic E-state index is -3.80. The molecule has 1 N–H and O–H groups in total. The average molecular weight is 471 g/mol. The van der Waals surface area contributed by atoms with E-state index in [1.54, 1.807) is 18.7 Å². The summed E-state index contributed by atoms with van der Waals surface area (Å²) in [5, 5.41) is 0.541. The van der Waals surface area contributed by atoms with Crippen LogP contribution in [0.5, 0.6) is 0 Å². The van der Waals surface area contributed by atoms with Crippen LogP contribution < -0.4 is 9.62 Å². The fourth-order valence-corrected chi connectivity index (χ4v) is 5.08. The highest BCUT2D eigenvalue weighted by atomic mass is 32.2. The maximum atomic E-state index is 12.9. The van der Waals surface area contributed by atoms with Crippen LogP contribution in [-0.2, 0) is 32.5 Å². The summed E-state index contributed by atoms with van der Waals surface area (Å²) >= 11 is 0. The van der Waals surface area contributed by atoms with Crippen molar-refractivity contribution in [2.75, 3.05) is 18.1 Å². The van der Waals surface area contributed by atoms with Crippen molar-refractivity contribution in [1.82, 2.24) is 4.72 Å². The highest BCUT2D eigenvalue weighted by Crippen LogP contribution is 2.30. The van der Waals surface area contributed by atoms with Gasteiger partial charge in [0.25, 0.3) is 0 Å². The van der Waals surface area contributed by atoms with Gasteiger partial charge in [-0.3, -0.25) is 4.79 Å². The molecule has 4 rings (SSSR count). The normalized spacial score (nSPS) is 13.4. The first kappa shape index (κ1) is 23.0. The summed E-state index contributed by atoms with van der Waals surface area (Å²) in [4.78, 5) is 26.0. The van der Waals surface area contributed by atoms with Gasteiger partial charge in [0, 0.05) is 36.1 Å². The Hall–Kier alpha value is -3.17. The lowest BCUT2D eigenvalue weighted by molar-refractivity contribution is -0.118. The molecule has 33 heavy (non-hydrogen) atoms. The van der Waals surface area contributed by atoms with E-state index < -0.39 is 16.0 Å². The second kappa shape index (κ2) is 8.99. The Morgan fingerprint density at radius 1 is 1.15 bits per heavy atom. The Labute approximate surface area is 192 Å². The van der Waals surface area contributed by atoms with E-state index in [9.17, 15) is 18.0 Å². The molecule has 2 aromatic carbocycles. The fraction of sp³-hybridized carbons (Fsp3) is 0.333. The van der Waals surface area contributed by atoms with Crippen molar-refractivity contribution in [3.05, 3.63) is 58.8 Å². The van der Waals surface area contributed by atoms with E-state index in [-0.39, 0.29) is 29.7 Å². The van der Waals surface area contributed by atoms with Crippen LogP contribution in [-0.4, -0.2) is 33.4 Å². The molecule has 1 aliphatic heterocycles. The number of nitrogens with zero attached hydrogens (tertiary/aromatic N) is 1. The molecule has 0 spiro atoms. The van der Waals surface area contributed by atoms with Crippen LogP contribution in [0.2, 0.25) is 0 Å². The van der Waals surface area contributed by atoms with Gasteiger partial charge in [-0.2, -0.15) is 0 Å². The molecule has 3 aromatic rings. The van der Waals surface area contributed by atoms with Gasteiger partial charge in [0.05, 0.1) is 11.5 Å². The first-order valence-corrected chi connectivity index (χ1v) is 12.4. The zero-order chi connectivity index (χ0) is 23.8. The average Bonchev–Trinajstić information content (AvgIpc) is 3.38. The molecule has 0 saturated carbocycles. The number of aryl methyl sites for hydroxylation is 1. The highest BCUT2D eigenvalue weighted by molar-refractivity contribution is 7.89. The number of sulfonamides is 1. The molecule has 8 nitrogen and oxygen atoms in total. The van der Waals surface area contributed by atoms with Crippen LogP contribution in [0, 0.1) is 6.92 Å². The fourth-order valence-electron chi connectivity index (χ4n) is 4.04. The van der Waals surface area contributed by atoms with Gasteiger partial charge in [-0.25, -0.2) is 17.9 Å². The number of anilines is 1. The molecule has 9 heteroatoms. The molecule has 0 fully saturated rings. The van der Waals surface area contributed by atoms with Crippen LogP contribution in [0.25, 0.3) is 11.0 Å². The van der Waals surface area contributed by atoms with Crippen LogP contribution in [0.3, 0.4) is 0 Å². The molecular formula is C24H26N2O6S. The van der Waals surface area contributed by atoms with Crippen molar-refractivity contribution in [3.63, 3.8) is 0 Å². The summed E-state index contributed by atoms with van der Waals surface area (Å²) in [5.41, 5.74) is 3.69. The first-order valence-electron chi connectivity index (χ1n) is 10.9. The number of hydrogen-bond acceptors (Lipinski definition) is 6. The minimum Gasteiger partial charge on any atom is -0.460 e. The predicted octanol–water partition coefficient (Wildman–Crippen LogP) is 3.70. The van der Waals surface area contributed by atoms with Gasteiger partial charge in [-0.05, 0) is 55.7 Å². The summed E-state index contributed by atoms with van der Waals surface area (Å²) in [6.07, 6.45) is 1.20. The molecule has 0 atom stereocenters. The quantitative estimate of drug-likeness (QED) is 0.528. The lowest BCUT2D eigenvalue weighted by atomic mass is 10.1. The number of carbonyl (C=O) groups excluding carboxylic acids is 2. The second-order valence-electron chi connectivity index (χ2n) is 7.87. The van der Waals surface area contributed by atoms with E-state index in [0.29, 0.717) is 29.5 Å². The number of esters is 1. The number of rotatable bonds is 7. The molecule has 1 aromatic heterocycles. The molecule has 174 valence electrons. The predicted molar refractivity (Wildman–Crippen MR) is 124 cm³/mol. The summed E-state index contributed by atoms with van der Waals surface area (Å²) in [7, 11) is -3.80. The molecule has 0 saturated heterocycles. The monoisotopic (exact) mass is 470 g/mol. The number of nitrogens with one attached hydrogen (secondary N) is 1. The summed E-state index contributed by atoms with van der Waals surface area (Å²) in [5.74, 6) is -0.425. The maximum absolute atomic E-state index is 12.9. The number of carbonyl (C=O) groups is 2. The lowest BCUT2D eigenvalue weighted by Crippen LogP contribution is -2.27. The van der Waals surface area contributed by atoms with E-state index >= 15 is 0 Å². The third kappa shape index (κ3) is 4.38. The first-order chi connectivity index (χ1) is 15.7. The Bertz CT molecular complexity index is 1340. The number of amides is 1. The topological polar surface area (TPSA) is 106 Å². The minimum absolute atomic E-state index is 0.0723. The number of hydrogen-bond donors (Lipinski definition) is 1. The van der Waals surface area contributed by atoms with Crippen molar-refractivity contribution in [3.8, 4) is 0 Å². The highest BCUT2D eigenvalue weighted by Gasteiger charge is 2.24. The number of fused-ring (bicyclic) bond motifs is 2. The Morgan fingerprint density at radius 2 is 1.94 bits per heavy atom. The number of benzene rings is 2. The van der Waals surface area contributed by atoms with E-state index in [2.05, 4.69) is 4.72 Å². The smallest absolute Gasteiger partial charge is 0.374 e. The van der Waals surface area contributed by atoms with Gasteiger partial charge in [-0.1, -0.05) is 19.1 Å². The molecule has 2 heterocycles. The zero-order valence-electron chi connectivity index (χ0n) is 18.8. The van der Waals surface area contributed by atoms with Crippen LogP contribution in [0.15, 0.2) is 45.7 Å². The summed E-state index contributed by atoms with van der Waals surface area (Å²) in [6, 6.07) is 10.1. The molecule has 0 bridgehead atoms. The van der Waals surface area contributed by atoms with Gasteiger partial charge < -0.3 is 14.1 Å². The number of furan rings is 1. The van der Waals surface area contributed by atoms with Crippen LogP contribution >= 0.6 is 0 Å². The molecular weight excluding hydrogens is 444 g/mol. The maximum Gasteiger partial charge on any atom is 0.374 e. The second-order valence-corrected chi connectivity index (χ2v) is 9.64. The third-order valence-electron chi connectivity index (χ3n) is 5.79. The third-order valence-corrected chi connectivity index (χ3v) is 7.19. The Balaban J connectivity index is 1.53. The van der Waals surface area contributed by atoms with E-state index in [0.717, 1.165) is 23.2 Å². The van der Waals surface area contributed by atoms with E-state index in [1.165, 1.54) is 18.2 Å². The molecule has 0 unspecified atom stereocenters. The molecule has 1 amide bonds. The van der Waals surface area contributed by atoms with Crippen LogP contribution in [0.4, 0.5) is 5.69 Å². The summed E-state index contributed by atoms with van der Waals surface area (Å²) < 4.78 is 39.1. The summed E-state index contributed by atoms with van der Waals surface area (Å²) in [6.45, 7) is 6.22. The van der Waals surface area contributed by atoms with Crippen molar-refractivity contribution in [1.29, 1.82) is 0 Å². The standard InChI is InChI=1S/C24H26N2O6S/c1-4-22(27)26-11-10-17-12-16(6-8-20(17)26)14-25-33(29,30)18-7-9-21-19(13-18)15(3)23(32-21)24(28)31-5-2/h6-9,12-13,25H,4-5,10-11,14H2,1-3H3. The molecule has 0 radical (unpaired) electrons. The van der Waals surface area contributed by atoms with Gasteiger partial charge in [0.15, 0.2) is 0 Å². The van der Waals surface area contributed by atoms with Crippen molar-refractivity contribution in [2.45, 2.75) is 45.1 Å². The van der Waals surface area contributed by atoms with Crippen molar-refractivity contribution >= 4 is 38.6 Å². The van der Waals surface area contributed by atoms with Gasteiger partial charge in [-0.15, -0.1) is 0 Å². The van der Waals surface area contributed by atoms with E-state index in [4.69, 9.17) is 9.15 Å². The van der Waals surface area contributed by atoms with Gasteiger partial charge >= 0.3 is 5.97 Å². The van der Waals surface area contributed by atoms with Crippen molar-refractivity contribution in [2.24, 2.45) is 0 Å². The molecule has 0 aliphatic carbocycles. The SMILES string of the molecule is CCOC(=O)c1oc2ccc(S(=O)(=O)NCc3ccc4c(c3)CCN4C(=O)CC)cc2c1C. The molecule has 1 aliphatic rings. The van der Waals surface area contributed by atoms with Gasteiger partial charge in [0.1, 0.15) is 5.58 Å².